The zero-order valence-electron chi connectivity index (χ0n) is 20.9. The first-order chi connectivity index (χ1) is 16.0. The van der Waals surface area contributed by atoms with Gasteiger partial charge in [0.05, 0.1) is 5.56 Å². The van der Waals surface area contributed by atoms with Crippen LogP contribution in [0.2, 0.25) is 0 Å². The average Bonchev–Trinajstić information content (AvgIpc) is 2.85. The molecule has 4 rings (SSSR count). The predicted octanol–water partition coefficient (Wildman–Crippen LogP) is 5.68. The Bertz CT molecular complexity index is 841. The van der Waals surface area contributed by atoms with Crippen LogP contribution in [0.25, 0.3) is 0 Å². The Morgan fingerprint density at radius 2 is 1.73 bits per heavy atom. The minimum atomic E-state index is 0.0385. The Kier molecular flexibility index (Phi) is 11.4. The molecule has 1 unspecified atom stereocenters. The molecule has 0 bridgehead atoms. The van der Waals surface area contributed by atoms with E-state index < -0.39 is 0 Å². The van der Waals surface area contributed by atoms with Gasteiger partial charge in [-0.3, -0.25) is 4.79 Å². The van der Waals surface area contributed by atoms with Crippen LogP contribution >= 0.6 is 0 Å². The van der Waals surface area contributed by atoms with Crippen LogP contribution in [0.15, 0.2) is 42.5 Å². The Labute approximate surface area is 199 Å². The molecular formula is C28H41NO4. The van der Waals surface area contributed by atoms with Crippen LogP contribution in [-0.2, 0) is 11.2 Å². The summed E-state index contributed by atoms with van der Waals surface area (Å²) in [7, 11) is 1.00. The minimum absolute atomic E-state index is 0.0385. The summed E-state index contributed by atoms with van der Waals surface area (Å²) in [4.78, 5) is 12.2. The molecule has 182 valence electrons. The zero-order valence-corrected chi connectivity index (χ0v) is 20.9. The quantitative estimate of drug-likeness (QED) is 0.607. The fourth-order valence-electron chi connectivity index (χ4n) is 3.99. The third-order valence-electron chi connectivity index (χ3n) is 5.97. The molecule has 0 aromatic heterocycles. The van der Waals surface area contributed by atoms with E-state index >= 15 is 0 Å². The van der Waals surface area contributed by atoms with Gasteiger partial charge in [0.15, 0.2) is 5.78 Å². The average molecular weight is 456 g/mol. The molecule has 2 aliphatic rings. The number of ketones is 1. The Morgan fingerprint density at radius 1 is 1.06 bits per heavy atom. The van der Waals surface area contributed by atoms with Crippen LogP contribution in [0.5, 0.6) is 5.75 Å². The highest BCUT2D eigenvalue weighted by atomic mass is 16.5. The highest BCUT2D eigenvalue weighted by molar-refractivity contribution is 6.00. The molecule has 1 atom stereocenters. The summed E-state index contributed by atoms with van der Waals surface area (Å²) in [6, 6.07) is 14.5. The third kappa shape index (κ3) is 8.49. The number of carbonyl (C=O) groups is 1. The molecule has 5 heteroatoms. The van der Waals surface area contributed by atoms with Gasteiger partial charge in [0.25, 0.3) is 0 Å². The zero-order chi connectivity index (χ0) is 24.2. The maximum atomic E-state index is 12.2. The largest absolute Gasteiger partial charge is 0.489 e. The molecule has 33 heavy (non-hydrogen) atoms. The van der Waals surface area contributed by atoms with Gasteiger partial charge in [0, 0.05) is 44.9 Å². The molecule has 0 aliphatic carbocycles. The number of aryl methyl sites for hydroxylation is 2. The summed E-state index contributed by atoms with van der Waals surface area (Å²) < 4.78 is 11.4. The van der Waals surface area contributed by atoms with Crippen molar-refractivity contribution in [3.63, 3.8) is 0 Å². The number of hydrogen-bond donors (Lipinski definition) is 2. The van der Waals surface area contributed by atoms with E-state index in [0.717, 1.165) is 63.0 Å². The first-order valence-electron chi connectivity index (χ1n) is 12.1. The summed E-state index contributed by atoms with van der Waals surface area (Å²) in [6.45, 7) is 11.2. The van der Waals surface area contributed by atoms with E-state index in [2.05, 4.69) is 50.4 Å². The lowest BCUT2D eigenvalue weighted by Crippen LogP contribution is -2.36. The maximum Gasteiger partial charge on any atom is 0.170 e. The fraction of sp³-hybridized carbons (Fsp3) is 0.536. The van der Waals surface area contributed by atoms with Gasteiger partial charge in [-0.15, -0.1) is 0 Å². The van der Waals surface area contributed by atoms with E-state index in [1.165, 1.54) is 11.3 Å². The number of carbonyl (C=O) groups excluding carboxylic acids is 1. The Balaban J connectivity index is 0.000000228. The number of rotatable bonds is 5. The monoisotopic (exact) mass is 455 g/mol. The molecule has 2 aromatic rings. The number of benzene rings is 2. The van der Waals surface area contributed by atoms with Crippen molar-refractivity contribution in [3.8, 4) is 5.75 Å². The molecular weight excluding hydrogens is 414 g/mol. The van der Waals surface area contributed by atoms with Crippen molar-refractivity contribution in [2.45, 2.75) is 59.5 Å². The van der Waals surface area contributed by atoms with Gasteiger partial charge in [0.1, 0.15) is 11.9 Å². The standard InChI is InChI=1S/C15H18O3.C12H19N.CH4O/c1-10-2-3-14-12(8-10)13(16)9-15(18-14)11-4-6-17-7-5-11;1-4-11-5-7-12(8-6-11)13-9-10(2)3;1-2/h2-3,8,11,15H,4-7,9H2,1H3;5-8,10,13H,4,9H2,1-3H3;2H,1H3. The summed E-state index contributed by atoms with van der Waals surface area (Å²) in [6.07, 6.45) is 3.67. The van der Waals surface area contributed by atoms with Crippen LogP contribution in [0, 0.1) is 18.8 Å². The number of ether oxygens (including phenoxy) is 2. The maximum absolute atomic E-state index is 12.2. The van der Waals surface area contributed by atoms with Crippen LogP contribution < -0.4 is 10.1 Å². The smallest absolute Gasteiger partial charge is 0.170 e. The normalized spacial score (nSPS) is 17.7. The van der Waals surface area contributed by atoms with E-state index in [9.17, 15) is 4.79 Å². The molecule has 0 saturated carbocycles. The van der Waals surface area contributed by atoms with Crippen molar-refractivity contribution in [2.24, 2.45) is 11.8 Å². The van der Waals surface area contributed by atoms with Crippen LogP contribution in [0.1, 0.15) is 61.5 Å². The molecule has 0 spiro atoms. The predicted molar refractivity (Wildman–Crippen MR) is 135 cm³/mol. The highest BCUT2D eigenvalue weighted by Crippen LogP contribution is 2.33. The number of anilines is 1. The van der Waals surface area contributed by atoms with Gasteiger partial charge in [0.2, 0.25) is 0 Å². The first kappa shape index (κ1) is 26.9. The van der Waals surface area contributed by atoms with E-state index in [-0.39, 0.29) is 11.9 Å². The number of aliphatic hydroxyl groups excluding tert-OH is 1. The Morgan fingerprint density at radius 3 is 2.33 bits per heavy atom. The van der Waals surface area contributed by atoms with E-state index in [1.54, 1.807) is 0 Å². The van der Waals surface area contributed by atoms with Gasteiger partial charge < -0.3 is 19.9 Å². The van der Waals surface area contributed by atoms with Crippen molar-refractivity contribution < 1.29 is 19.4 Å². The molecule has 1 saturated heterocycles. The third-order valence-corrected chi connectivity index (χ3v) is 5.97. The van der Waals surface area contributed by atoms with Crippen LogP contribution in [-0.4, -0.2) is 43.9 Å². The second-order valence-corrected chi connectivity index (χ2v) is 9.06. The van der Waals surface area contributed by atoms with Crippen LogP contribution in [0.4, 0.5) is 5.69 Å². The molecule has 0 radical (unpaired) electrons. The second kappa shape index (κ2) is 14.0. The van der Waals surface area contributed by atoms with Crippen molar-refractivity contribution in [3.05, 3.63) is 59.2 Å². The molecule has 0 amide bonds. The van der Waals surface area contributed by atoms with Crippen LogP contribution in [0.3, 0.4) is 0 Å². The summed E-state index contributed by atoms with van der Waals surface area (Å²) in [5.41, 5.74) is 4.48. The van der Waals surface area contributed by atoms with Gasteiger partial charge in [-0.05, 0) is 61.9 Å². The van der Waals surface area contributed by atoms with E-state index in [0.29, 0.717) is 18.3 Å². The molecule has 2 N–H and O–H groups in total. The highest BCUT2D eigenvalue weighted by Gasteiger charge is 2.33. The van der Waals surface area contributed by atoms with E-state index in [4.69, 9.17) is 14.6 Å². The minimum Gasteiger partial charge on any atom is -0.489 e. The summed E-state index contributed by atoms with van der Waals surface area (Å²) in [5.74, 6) is 2.13. The van der Waals surface area contributed by atoms with Gasteiger partial charge >= 0.3 is 0 Å². The fourth-order valence-corrected chi connectivity index (χ4v) is 3.99. The molecule has 2 aromatic carbocycles. The van der Waals surface area contributed by atoms with Crippen molar-refractivity contribution >= 4 is 11.5 Å². The number of hydrogen-bond acceptors (Lipinski definition) is 5. The lowest BCUT2D eigenvalue weighted by Gasteiger charge is -2.33. The second-order valence-electron chi connectivity index (χ2n) is 9.06. The SMILES string of the molecule is CCc1ccc(NCC(C)C)cc1.CO.Cc1ccc2c(c1)C(=O)CC(C1CCOCC1)O2. The van der Waals surface area contributed by atoms with Crippen molar-refractivity contribution in [1.82, 2.24) is 0 Å². The van der Waals surface area contributed by atoms with Gasteiger partial charge in [-0.2, -0.15) is 0 Å². The van der Waals surface area contributed by atoms with Crippen molar-refractivity contribution in [2.75, 3.05) is 32.2 Å². The van der Waals surface area contributed by atoms with Gasteiger partial charge in [-0.1, -0.05) is 44.5 Å². The molecule has 2 heterocycles. The first-order valence-corrected chi connectivity index (χ1v) is 12.1. The molecule has 2 aliphatic heterocycles. The van der Waals surface area contributed by atoms with Crippen molar-refractivity contribution in [1.29, 1.82) is 0 Å². The Hall–Kier alpha value is -2.37. The lowest BCUT2D eigenvalue weighted by atomic mass is 9.87. The van der Waals surface area contributed by atoms with Gasteiger partial charge in [-0.25, -0.2) is 0 Å². The number of aliphatic hydroxyl groups is 1. The molecule has 5 nitrogen and oxygen atoms in total. The molecule has 1 fully saturated rings. The number of nitrogens with one attached hydrogen (secondary N) is 1. The number of fused-ring (bicyclic) bond motifs is 1. The summed E-state index contributed by atoms with van der Waals surface area (Å²) >= 11 is 0. The topological polar surface area (TPSA) is 67.8 Å². The van der Waals surface area contributed by atoms with E-state index in [1.807, 2.05) is 25.1 Å². The summed E-state index contributed by atoms with van der Waals surface area (Å²) in [5, 5.41) is 10.4. The lowest BCUT2D eigenvalue weighted by molar-refractivity contribution is 0.0120. The number of Topliss-reactive ketones (excluding diaryl/α,β-unsaturated/α-hetero) is 1.